The molecule has 0 saturated carbocycles. The number of urea groups is 1. The van der Waals surface area contributed by atoms with Gasteiger partial charge in [-0.05, 0) is 59.7 Å². The van der Waals surface area contributed by atoms with Crippen LogP contribution in [0.1, 0.15) is 37.6 Å². The number of aromatic nitrogens is 3. The van der Waals surface area contributed by atoms with E-state index >= 15 is 0 Å². The van der Waals surface area contributed by atoms with Crippen LogP contribution in [0.4, 0.5) is 21.1 Å². The lowest BCUT2D eigenvalue weighted by Crippen LogP contribution is -2.39. The van der Waals surface area contributed by atoms with Gasteiger partial charge in [-0.2, -0.15) is 17.8 Å². The Kier molecular flexibility index (Phi) is 10.4. The summed E-state index contributed by atoms with van der Waals surface area (Å²) in [5, 5.41) is 10.4. The number of carbonyl (C=O) groups excluding carboxylic acids is 2. The number of amides is 3. The normalized spacial score (nSPS) is 11.6. The van der Waals surface area contributed by atoms with Gasteiger partial charge in [-0.25, -0.2) is 19.0 Å². The number of hydrogen-bond donors (Lipinski definition) is 3. The van der Waals surface area contributed by atoms with Crippen molar-refractivity contribution in [2.45, 2.75) is 39.2 Å². The van der Waals surface area contributed by atoms with Gasteiger partial charge in [0.2, 0.25) is 0 Å². The first-order valence-corrected chi connectivity index (χ1v) is 15.5. The van der Waals surface area contributed by atoms with Gasteiger partial charge < -0.3 is 14.8 Å². The molecule has 0 radical (unpaired) electrons. The van der Waals surface area contributed by atoms with Gasteiger partial charge in [0, 0.05) is 50.1 Å². The Bertz CT molecular complexity index is 1700. The third kappa shape index (κ3) is 9.52. The number of anilines is 2. The highest BCUT2D eigenvalue weighted by molar-refractivity contribution is 7.87. The Morgan fingerprint density at radius 3 is 2.20 bits per heavy atom. The zero-order valence-electron chi connectivity index (χ0n) is 25.8. The number of rotatable bonds is 11. The summed E-state index contributed by atoms with van der Waals surface area (Å²) < 4.78 is 38.7. The SMILES string of the molecule is CN(C)S(=O)(=O)NC(=O)OCc1ccc(-n2nc(C(C)(C)C)cc2NC(=O)Nc2ccc(OCCc3ccncc3)cc2)cc1. The van der Waals surface area contributed by atoms with Gasteiger partial charge in [-0.1, -0.05) is 32.9 Å². The van der Waals surface area contributed by atoms with E-state index in [2.05, 4.69) is 15.6 Å². The van der Waals surface area contributed by atoms with E-state index in [0.717, 1.165) is 22.0 Å². The first kappa shape index (κ1) is 33.0. The molecule has 3 N–H and O–H groups in total. The van der Waals surface area contributed by atoms with Crippen molar-refractivity contribution in [3.8, 4) is 11.4 Å². The Hall–Kier alpha value is -4.95. The van der Waals surface area contributed by atoms with E-state index in [-0.39, 0.29) is 12.0 Å². The topological polar surface area (TPSA) is 157 Å². The van der Waals surface area contributed by atoms with Gasteiger partial charge >= 0.3 is 22.3 Å². The van der Waals surface area contributed by atoms with Crippen LogP contribution in [0.15, 0.2) is 79.1 Å². The maximum absolute atomic E-state index is 13.0. The van der Waals surface area contributed by atoms with E-state index in [1.807, 2.05) is 43.7 Å². The van der Waals surface area contributed by atoms with Crippen LogP contribution in [-0.2, 0) is 33.4 Å². The molecule has 0 bridgehead atoms. The highest BCUT2D eigenvalue weighted by Gasteiger charge is 2.22. The minimum Gasteiger partial charge on any atom is -0.493 e. The number of hydrogen-bond acceptors (Lipinski definition) is 8. The van der Waals surface area contributed by atoms with Crippen molar-refractivity contribution < 1.29 is 27.5 Å². The van der Waals surface area contributed by atoms with Crippen LogP contribution in [0.25, 0.3) is 5.69 Å². The molecule has 0 fully saturated rings. The second kappa shape index (κ2) is 14.2. The molecule has 0 aliphatic carbocycles. The van der Waals surface area contributed by atoms with Gasteiger partial charge in [0.1, 0.15) is 18.2 Å². The Morgan fingerprint density at radius 1 is 0.911 bits per heavy atom. The average Bonchev–Trinajstić information content (AvgIpc) is 3.42. The molecule has 4 rings (SSSR count). The van der Waals surface area contributed by atoms with Crippen LogP contribution in [0.3, 0.4) is 0 Å². The standard InChI is InChI=1S/C31H37N7O6S/c1-31(2,3)27-20-28(34-29(39)33-24-8-12-26(13-9-24)43-19-16-22-14-17-32-18-15-22)38(35-27)25-10-6-23(7-11-25)21-44-30(40)36-45(41,42)37(4)5/h6-15,17-18,20H,16,19,21H2,1-5H3,(H,36,40)(H2,33,34,39). The Morgan fingerprint density at radius 2 is 1.58 bits per heavy atom. The lowest BCUT2D eigenvalue weighted by molar-refractivity contribution is 0.145. The number of nitrogens with zero attached hydrogens (tertiary/aromatic N) is 4. The van der Waals surface area contributed by atoms with E-state index in [0.29, 0.717) is 35.1 Å². The lowest BCUT2D eigenvalue weighted by Gasteiger charge is -2.14. The summed E-state index contributed by atoms with van der Waals surface area (Å²) in [7, 11) is -1.37. The molecule has 0 unspecified atom stereocenters. The van der Waals surface area contributed by atoms with Crippen LogP contribution in [-0.4, -0.2) is 60.3 Å². The quantitative estimate of drug-likeness (QED) is 0.211. The van der Waals surface area contributed by atoms with E-state index in [4.69, 9.17) is 14.6 Å². The van der Waals surface area contributed by atoms with Crippen LogP contribution in [0.5, 0.6) is 5.75 Å². The number of carbonyl (C=O) groups is 2. The molecule has 0 aliphatic heterocycles. The molecule has 0 saturated heterocycles. The maximum atomic E-state index is 13.0. The molecule has 0 spiro atoms. The minimum absolute atomic E-state index is 0.149. The summed E-state index contributed by atoms with van der Waals surface area (Å²) in [6, 6.07) is 19.3. The summed E-state index contributed by atoms with van der Waals surface area (Å²) in [4.78, 5) is 28.9. The summed E-state index contributed by atoms with van der Waals surface area (Å²) >= 11 is 0. The van der Waals surface area contributed by atoms with Gasteiger partial charge in [0.15, 0.2) is 0 Å². The predicted octanol–water partition coefficient (Wildman–Crippen LogP) is 4.86. The number of nitrogens with one attached hydrogen (secondary N) is 3. The van der Waals surface area contributed by atoms with Crippen LogP contribution < -0.4 is 20.1 Å². The first-order chi connectivity index (χ1) is 21.3. The molecule has 2 aromatic heterocycles. The van der Waals surface area contributed by atoms with E-state index < -0.39 is 22.3 Å². The molecule has 4 aromatic rings. The van der Waals surface area contributed by atoms with Gasteiger partial charge in [0.05, 0.1) is 18.0 Å². The molecule has 45 heavy (non-hydrogen) atoms. The van der Waals surface area contributed by atoms with Gasteiger partial charge in [-0.3, -0.25) is 10.3 Å². The number of pyridine rings is 1. The molecule has 2 aromatic carbocycles. The van der Waals surface area contributed by atoms with Gasteiger partial charge in [-0.15, -0.1) is 0 Å². The maximum Gasteiger partial charge on any atom is 0.422 e. The zero-order chi connectivity index (χ0) is 32.6. The van der Waals surface area contributed by atoms with E-state index in [1.54, 1.807) is 65.6 Å². The summed E-state index contributed by atoms with van der Waals surface area (Å²) in [5.41, 5.74) is 3.46. The highest BCUT2D eigenvalue weighted by atomic mass is 32.2. The molecule has 2 heterocycles. The molecule has 14 heteroatoms. The number of ether oxygens (including phenoxy) is 2. The average molecular weight is 636 g/mol. The lowest BCUT2D eigenvalue weighted by atomic mass is 9.92. The first-order valence-electron chi connectivity index (χ1n) is 14.1. The Balaban J connectivity index is 1.38. The molecule has 238 valence electrons. The smallest absolute Gasteiger partial charge is 0.422 e. The second-order valence-corrected chi connectivity index (χ2v) is 13.2. The van der Waals surface area contributed by atoms with Crippen LogP contribution >= 0.6 is 0 Å². The third-order valence-electron chi connectivity index (χ3n) is 6.48. The zero-order valence-corrected chi connectivity index (χ0v) is 26.6. The molecular formula is C31H37N7O6S. The summed E-state index contributed by atoms with van der Waals surface area (Å²) in [6.45, 7) is 6.43. The fourth-order valence-corrected chi connectivity index (χ4v) is 4.34. The van der Waals surface area contributed by atoms with Crippen molar-refractivity contribution in [2.24, 2.45) is 0 Å². The molecule has 13 nitrogen and oxygen atoms in total. The van der Waals surface area contributed by atoms with Crippen LogP contribution in [0, 0.1) is 0 Å². The second-order valence-electron chi connectivity index (χ2n) is 11.3. The summed E-state index contributed by atoms with van der Waals surface area (Å²) in [5.74, 6) is 1.14. The molecule has 3 amide bonds. The highest BCUT2D eigenvalue weighted by Crippen LogP contribution is 2.27. The molecule has 0 atom stereocenters. The monoisotopic (exact) mass is 635 g/mol. The van der Waals surface area contributed by atoms with Crippen molar-refractivity contribution in [1.82, 2.24) is 23.8 Å². The Labute approximate surface area is 262 Å². The van der Waals surface area contributed by atoms with Gasteiger partial charge in [0.25, 0.3) is 0 Å². The minimum atomic E-state index is -3.95. The number of benzene rings is 2. The van der Waals surface area contributed by atoms with E-state index in [9.17, 15) is 18.0 Å². The largest absolute Gasteiger partial charge is 0.493 e. The predicted molar refractivity (Wildman–Crippen MR) is 171 cm³/mol. The van der Waals surface area contributed by atoms with Crippen LogP contribution in [0.2, 0.25) is 0 Å². The van der Waals surface area contributed by atoms with Crippen molar-refractivity contribution in [3.05, 3.63) is 95.9 Å². The van der Waals surface area contributed by atoms with Crippen molar-refractivity contribution in [3.63, 3.8) is 0 Å². The van der Waals surface area contributed by atoms with E-state index in [1.165, 1.54) is 14.1 Å². The fourth-order valence-electron chi connectivity index (χ4n) is 3.89. The third-order valence-corrected chi connectivity index (χ3v) is 7.87. The van der Waals surface area contributed by atoms with Crippen molar-refractivity contribution in [2.75, 3.05) is 31.3 Å². The summed E-state index contributed by atoms with van der Waals surface area (Å²) in [6.07, 6.45) is 3.17. The molecule has 0 aliphatic rings. The molecular weight excluding hydrogens is 598 g/mol. The van der Waals surface area contributed by atoms with Crippen molar-refractivity contribution >= 4 is 33.8 Å². The van der Waals surface area contributed by atoms with Crippen molar-refractivity contribution in [1.29, 1.82) is 0 Å². The fraction of sp³-hybridized carbons (Fsp3) is 0.290.